The maximum Gasteiger partial charge on any atom is 0.0663 e. The lowest BCUT2D eigenvalue weighted by Crippen LogP contribution is -1.83. The molecule has 0 aromatic carbocycles. The number of nitriles is 1. The first kappa shape index (κ1) is 7.55. The number of aryl methyl sites for hydroxylation is 1. The molecule has 0 saturated carbocycles. The Morgan fingerprint density at radius 2 is 2.64 bits per heavy atom. The number of hydrogen-bond donors (Lipinski definition) is 0. The molecule has 0 fully saturated rings. The summed E-state index contributed by atoms with van der Waals surface area (Å²) in [6.07, 6.45) is 7.81. The third-order valence-corrected chi connectivity index (χ3v) is 1.24. The van der Waals surface area contributed by atoms with Crippen LogP contribution in [0.2, 0.25) is 0 Å². The van der Waals surface area contributed by atoms with Crippen molar-refractivity contribution in [2.75, 3.05) is 0 Å². The molecule has 56 valence electrons. The van der Waals surface area contributed by atoms with Crippen LogP contribution in [0.5, 0.6) is 0 Å². The molecule has 0 saturated heterocycles. The molecule has 1 aromatic heterocycles. The summed E-state index contributed by atoms with van der Waals surface area (Å²) < 4.78 is 1.73. The van der Waals surface area contributed by atoms with Crippen molar-refractivity contribution in [1.82, 2.24) is 9.78 Å². The number of aromatic nitrogens is 2. The molecule has 0 bridgehead atoms. The van der Waals surface area contributed by atoms with Crippen LogP contribution < -0.4 is 0 Å². The molecule has 0 aliphatic rings. The Kier molecular flexibility index (Phi) is 2.45. The first-order chi connectivity index (χ1) is 5.33. The van der Waals surface area contributed by atoms with E-state index in [9.17, 15) is 0 Å². The lowest BCUT2D eigenvalue weighted by Gasteiger charge is -1.81. The average Bonchev–Trinajstić information content (AvgIpc) is 2.37. The van der Waals surface area contributed by atoms with Gasteiger partial charge in [0.05, 0.1) is 18.7 Å². The van der Waals surface area contributed by atoms with Crippen molar-refractivity contribution in [2.45, 2.75) is 6.42 Å². The first-order valence-corrected chi connectivity index (χ1v) is 3.35. The van der Waals surface area contributed by atoms with Gasteiger partial charge in [-0.3, -0.25) is 4.68 Å². The zero-order valence-electron chi connectivity index (χ0n) is 6.36. The minimum atomic E-state index is 0.453. The molecule has 1 rings (SSSR count). The molecule has 3 nitrogen and oxygen atoms in total. The van der Waals surface area contributed by atoms with Crippen molar-refractivity contribution in [3.8, 4) is 6.07 Å². The number of rotatable bonds is 2. The van der Waals surface area contributed by atoms with Gasteiger partial charge < -0.3 is 0 Å². The summed E-state index contributed by atoms with van der Waals surface area (Å²) >= 11 is 0. The van der Waals surface area contributed by atoms with Crippen LogP contribution in [0.3, 0.4) is 0 Å². The maximum absolute atomic E-state index is 8.23. The summed E-state index contributed by atoms with van der Waals surface area (Å²) in [6.45, 7) is 0. The lowest BCUT2D eigenvalue weighted by atomic mass is 10.3. The van der Waals surface area contributed by atoms with E-state index in [1.807, 2.05) is 31.5 Å². The van der Waals surface area contributed by atoms with Crippen LogP contribution in [-0.4, -0.2) is 9.78 Å². The van der Waals surface area contributed by atoms with Gasteiger partial charge in [0, 0.05) is 18.8 Å². The quantitative estimate of drug-likeness (QED) is 0.633. The fourth-order valence-corrected chi connectivity index (χ4v) is 0.774. The minimum Gasteiger partial charge on any atom is -0.275 e. The molecule has 11 heavy (non-hydrogen) atoms. The molecule has 0 aliphatic heterocycles. The molecule has 0 radical (unpaired) electrons. The van der Waals surface area contributed by atoms with Crippen LogP contribution in [0.25, 0.3) is 6.08 Å². The molecule has 0 spiro atoms. The number of hydrogen-bond acceptors (Lipinski definition) is 2. The van der Waals surface area contributed by atoms with Crippen LogP contribution in [0.4, 0.5) is 0 Å². The van der Waals surface area contributed by atoms with Crippen LogP contribution in [-0.2, 0) is 7.05 Å². The molecule has 0 N–H and O–H groups in total. The van der Waals surface area contributed by atoms with Crippen LogP contribution >= 0.6 is 0 Å². The van der Waals surface area contributed by atoms with Gasteiger partial charge in [-0.25, -0.2) is 0 Å². The van der Waals surface area contributed by atoms with E-state index >= 15 is 0 Å². The summed E-state index contributed by atoms with van der Waals surface area (Å²) in [6, 6.07) is 2.03. The Balaban J connectivity index is 2.58. The largest absolute Gasteiger partial charge is 0.275 e. The van der Waals surface area contributed by atoms with E-state index in [1.165, 1.54) is 0 Å². The molecule has 0 aliphatic carbocycles. The van der Waals surface area contributed by atoms with Gasteiger partial charge in [-0.05, 0) is 0 Å². The summed E-state index contributed by atoms with van der Waals surface area (Å²) in [4.78, 5) is 0. The van der Waals surface area contributed by atoms with Crippen LogP contribution in [0.15, 0.2) is 18.5 Å². The van der Waals surface area contributed by atoms with Crippen molar-refractivity contribution >= 4 is 6.08 Å². The smallest absolute Gasteiger partial charge is 0.0663 e. The Labute approximate surface area is 65.6 Å². The normalized spacial score (nSPS) is 10.2. The molecular formula is C8H9N3. The van der Waals surface area contributed by atoms with E-state index in [-0.39, 0.29) is 0 Å². The number of allylic oxidation sites excluding steroid dienone is 1. The van der Waals surface area contributed by atoms with E-state index in [0.29, 0.717) is 6.42 Å². The molecule has 1 heterocycles. The van der Waals surface area contributed by atoms with Gasteiger partial charge >= 0.3 is 0 Å². The standard InChI is InChI=1S/C8H9N3/c1-11-7-8(6-10-11)4-2-3-5-9/h2,4,6-7H,3H2,1H3. The van der Waals surface area contributed by atoms with Crippen molar-refractivity contribution in [2.24, 2.45) is 7.05 Å². The van der Waals surface area contributed by atoms with Gasteiger partial charge in [0.15, 0.2) is 0 Å². The summed E-state index contributed by atoms with van der Waals surface area (Å²) in [5, 5.41) is 12.2. The highest BCUT2D eigenvalue weighted by molar-refractivity contribution is 5.46. The third-order valence-electron chi connectivity index (χ3n) is 1.24. The first-order valence-electron chi connectivity index (χ1n) is 3.35. The zero-order valence-corrected chi connectivity index (χ0v) is 6.36. The summed E-state index contributed by atoms with van der Waals surface area (Å²) in [5.41, 5.74) is 1.03. The second-order valence-electron chi connectivity index (χ2n) is 2.21. The Morgan fingerprint density at radius 3 is 3.18 bits per heavy atom. The number of nitrogens with zero attached hydrogens (tertiary/aromatic N) is 3. The van der Waals surface area contributed by atoms with Crippen molar-refractivity contribution in [1.29, 1.82) is 5.26 Å². The van der Waals surface area contributed by atoms with E-state index in [2.05, 4.69) is 5.10 Å². The minimum absolute atomic E-state index is 0.453. The second kappa shape index (κ2) is 3.57. The fraction of sp³-hybridized carbons (Fsp3) is 0.250. The Bertz CT molecular complexity index is 291. The SMILES string of the molecule is Cn1cc(C=CCC#N)cn1. The van der Waals surface area contributed by atoms with Gasteiger partial charge in [0.1, 0.15) is 0 Å². The molecule has 1 aromatic rings. The van der Waals surface area contributed by atoms with Crippen molar-refractivity contribution < 1.29 is 0 Å². The van der Waals surface area contributed by atoms with E-state index in [0.717, 1.165) is 5.56 Å². The molecular weight excluding hydrogens is 138 g/mol. The van der Waals surface area contributed by atoms with Gasteiger partial charge in [0.2, 0.25) is 0 Å². The highest BCUT2D eigenvalue weighted by Crippen LogP contribution is 1.99. The third kappa shape index (κ3) is 2.26. The Morgan fingerprint density at radius 1 is 1.82 bits per heavy atom. The highest BCUT2D eigenvalue weighted by atomic mass is 15.2. The van der Waals surface area contributed by atoms with Gasteiger partial charge in [0.25, 0.3) is 0 Å². The van der Waals surface area contributed by atoms with Gasteiger partial charge in [-0.2, -0.15) is 10.4 Å². The zero-order chi connectivity index (χ0) is 8.10. The average molecular weight is 147 g/mol. The fourth-order valence-electron chi connectivity index (χ4n) is 0.774. The van der Waals surface area contributed by atoms with Gasteiger partial charge in [-0.1, -0.05) is 12.2 Å². The highest BCUT2D eigenvalue weighted by Gasteiger charge is 1.87. The summed E-state index contributed by atoms with van der Waals surface area (Å²) in [5.74, 6) is 0. The van der Waals surface area contributed by atoms with Crippen molar-refractivity contribution in [3.63, 3.8) is 0 Å². The second-order valence-corrected chi connectivity index (χ2v) is 2.21. The van der Waals surface area contributed by atoms with Crippen LogP contribution in [0.1, 0.15) is 12.0 Å². The van der Waals surface area contributed by atoms with E-state index < -0.39 is 0 Å². The van der Waals surface area contributed by atoms with E-state index in [1.54, 1.807) is 10.9 Å². The summed E-state index contributed by atoms with van der Waals surface area (Å²) in [7, 11) is 1.86. The monoisotopic (exact) mass is 147 g/mol. The Hall–Kier alpha value is -1.56. The molecule has 0 unspecified atom stereocenters. The topological polar surface area (TPSA) is 41.6 Å². The lowest BCUT2D eigenvalue weighted by molar-refractivity contribution is 0.767. The molecule has 0 amide bonds. The predicted molar refractivity (Wildman–Crippen MR) is 42.5 cm³/mol. The van der Waals surface area contributed by atoms with Gasteiger partial charge in [-0.15, -0.1) is 0 Å². The van der Waals surface area contributed by atoms with Crippen LogP contribution in [0, 0.1) is 11.3 Å². The van der Waals surface area contributed by atoms with Crippen molar-refractivity contribution in [3.05, 3.63) is 24.0 Å². The maximum atomic E-state index is 8.23. The predicted octanol–water partition coefficient (Wildman–Crippen LogP) is 1.35. The van der Waals surface area contributed by atoms with E-state index in [4.69, 9.17) is 5.26 Å². The molecule has 0 atom stereocenters. The molecule has 3 heteroatoms.